The van der Waals surface area contributed by atoms with Crippen LogP contribution in [0.3, 0.4) is 0 Å². The number of para-hydroxylation sites is 1. The number of aryl methyl sites for hydroxylation is 1. The molecule has 1 aromatic carbocycles. The largest absolute Gasteiger partial charge is 0.379 e. The summed E-state index contributed by atoms with van der Waals surface area (Å²) in [6, 6.07) is 12.9. The van der Waals surface area contributed by atoms with Crippen molar-refractivity contribution < 1.29 is 4.74 Å². The minimum atomic E-state index is 0.240. The molecule has 6 rings (SSSR count). The first-order valence-electron chi connectivity index (χ1n) is 11.1. The second-order valence-electron chi connectivity index (χ2n) is 8.49. The number of aromatic nitrogens is 5. The summed E-state index contributed by atoms with van der Waals surface area (Å²) in [5.74, 6) is 1.31. The van der Waals surface area contributed by atoms with Gasteiger partial charge in [0.15, 0.2) is 5.82 Å². The summed E-state index contributed by atoms with van der Waals surface area (Å²) in [6.07, 6.45) is 7.93. The predicted molar refractivity (Wildman–Crippen MR) is 119 cm³/mol. The van der Waals surface area contributed by atoms with Crippen molar-refractivity contribution in [1.29, 1.82) is 0 Å². The summed E-state index contributed by atoms with van der Waals surface area (Å²) in [4.78, 5) is 9.21. The Kier molecular flexibility index (Phi) is 4.77. The van der Waals surface area contributed by atoms with E-state index < -0.39 is 0 Å². The third-order valence-corrected chi connectivity index (χ3v) is 6.53. The Morgan fingerprint density at radius 1 is 1.10 bits per heavy atom. The molecule has 1 N–H and O–H groups in total. The zero-order chi connectivity index (χ0) is 20.6. The number of nitrogens with one attached hydrogen (secondary N) is 1. The molecular weight excluding hydrogens is 388 g/mol. The lowest BCUT2D eigenvalue weighted by Crippen LogP contribution is -2.20. The van der Waals surface area contributed by atoms with Crippen LogP contribution in [0.2, 0.25) is 0 Å². The van der Waals surface area contributed by atoms with Crippen LogP contribution in [0.4, 0.5) is 0 Å². The van der Waals surface area contributed by atoms with Gasteiger partial charge in [-0.2, -0.15) is 5.10 Å². The standard InChI is InChI=1S/C24H26N6O/c1-2-5-21-20(4-1)17(6-8-26-21)12-18-15-31-16-23(18)29-11-9-27-24(29)22-13-19-14-25-7-3-10-30(19)28-22/h1-2,4-6,8-9,11,13,18,23,25H,3,7,10,12,14-16H2/t18-,23-/m1/s1. The topological polar surface area (TPSA) is 69.8 Å². The van der Waals surface area contributed by atoms with Gasteiger partial charge in [0, 0.05) is 43.0 Å². The van der Waals surface area contributed by atoms with Crippen molar-refractivity contribution in [2.24, 2.45) is 5.92 Å². The van der Waals surface area contributed by atoms with E-state index in [1.54, 1.807) is 0 Å². The third-order valence-electron chi connectivity index (χ3n) is 6.53. The Hall–Kier alpha value is -3.03. The molecule has 0 bridgehead atoms. The van der Waals surface area contributed by atoms with E-state index in [0.29, 0.717) is 12.5 Å². The molecule has 5 heterocycles. The molecule has 7 nitrogen and oxygen atoms in total. The van der Waals surface area contributed by atoms with Gasteiger partial charge in [0.2, 0.25) is 0 Å². The van der Waals surface area contributed by atoms with E-state index in [1.165, 1.54) is 16.6 Å². The van der Waals surface area contributed by atoms with Crippen molar-refractivity contribution in [3.63, 3.8) is 0 Å². The molecule has 3 aromatic heterocycles. The zero-order valence-corrected chi connectivity index (χ0v) is 17.4. The van der Waals surface area contributed by atoms with Gasteiger partial charge in [0.1, 0.15) is 5.69 Å². The Balaban J connectivity index is 1.31. The summed E-state index contributed by atoms with van der Waals surface area (Å²) in [6.45, 7) is 4.30. The van der Waals surface area contributed by atoms with Crippen molar-refractivity contribution >= 4 is 10.9 Å². The van der Waals surface area contributed by atoms with Gasteiger partial charge in [0.05, 0.1) is 30.5 Å². The number of nitrogens with zero attached hydrogens (tertiary/aromatic N) is 5. The van der Waals surface area contributed by atoms with E-state index >= 15 is 0 Å². The summed E-state index contributed by atoms with van der Waals surface area (Å²) in [5.41, 5.74) is 4.55. The van der Waals surface area contributed by atoms with Crippen LogP contribution in [0, 0.1) is 5.92 Å². The third kappa shape index (κ3) is 3.43. The molecule has 0 saturated carbocycles. The molecule has 0 aliphatic carbocycles. The normalized spacial score (nSPS) is 21.3. The molecule has 1 fully saturated rings. The number of ether oxygens (including phenoxy) is 1. The van der Waals surface area contributed by atoms with Gasteiger partial charge in [-0.3, -0.25) is 9.67 Å². The number of benzene rings is 1. The van der Waals surface area contributed by atoms with E-state index in [9.17, 15) is 0 Å². The number of hydrogen-bond donors (Lipinski definition) is 1. The van der Waals surface area contributed by atoms with Gasteiger partial charge in [0.25, 0.3) is 0 Å². The first-order valence-corrected chi connectivity index (χ1v) is 11.1. The Labute approximate surface area is 181 Å². The van der Waals surface area contributed by atoms with E-state index in [-0.39, 0.29) is 6.04 Å². The number of pyridine rings is 1. The molecule has 0 radical (unpaired) electrons. The quantitative estimate of drug-likeness (QED) is 0.555. The van der Waals surface area contributed by atoms with Gasteiger partial charge in [-0.1, -0.05) is 18.2 Å². The van der Waals surface area contributed by atoms with Crippen LogP contribution in [0.15, 0.2) is 55.0 Å². The number of imidazole rings is 1. The Bertz CT molecular complexity index is 1180. The van der Waals surface area contributed by atoms with Crippen molar-refractivity contribution in [3.8, 4) is 11.5 Å². The summed E-state index contributed by atoms with van der Waals surface area (Å²) >= 11 is 0. The molecule has 31 heavy (non-hydrogen) atoms. The van der Waals surface area contributed by atoms with Gasteiger partial charge in [-0.25, -0.2) is 4.98 Å². The lowest BCUT2D eigenvalue weighted by molar-refractivity contribution is 0.181. The van der Waals surface area contributed by atoms with Crippen LogP contribution in [0.1, 0.15) is 23.7 Å². The van der Waals surface area contributed by atoms with E-state index in [0.717, 1.165) is 56.1 Å². The van der Waals surface area contributed by atoms with Crippen molar-refractivity contribution in [3.05, 3.63) is 66.2 Å². The lowest BCUT2D eigenvalue weighted by Gasteiger charge is -2.21. The summed E-state index contributed by atoms with van der Waals surface area (Å²) in [5, 5.41) is 9.58. The number of rotatable bonds is 4. The smallest absolute Gasteiger partial charge is 0.160 e. The fourth-order valence-corrected chi connectivity index (χ4v) is 4.96. The molecular formula is C24H26N6O. The van der Waals surface area contributed by atoms with E-state index in [4.69, 9.17) is 14.8 Å². The monoisotopic (exact) mass is 414 g/mol. The molecule has 0 spiro atoms. The molecule has 0 unspecified atom stereocenters. The highest BCUT2D eigenvalue weighted by Gasteiger charge is 2.32. The minimum absolute atomic E-state index is 0.240. The van der Waals surface area contributed by atoms with Crippen molar-refractivity contribution in [2.75, 3.05) is 19.8 Å². The van der Waals surface area contributed by atoms with Gasteiger partial charge in [-0.15, -0.1) is 0 Å². The van der Waals surface area contributed by atoms with Crippen molar-refractivity contribution in [2.45, 2.75) is 32.0 Å². The summed E-state index contributed by atoms with van der Waals surface area (Å²) < 4.78 is 10.4. The SMILES string of the molecule is c1ccc2c(C[C@@H]3COC[C@H]3n3ccnc3-c3cc4n(n3)CCCNC4)ccnc2c1. The molecule has 2 aliphatic rings. The van der Waals surface area contributed by atoms with Gasteiger partial charge in [-0.05, 0) is 43.1 Å². The predicted octanol–water partition coefficient (Wildman–Crippen LogP) is 3.22. The number of hydrogen-bond acceptors (Lipinski definition) is 5. The van der Waals surface area contributed by atoms with Gasteiger partial charge >= 0.3 is 0 Å². The second kappa shape index (κ2) is 7.90. The fourth-order valence-electron chi connectivity index (χ4n) is 4.96. The van der Waals surface area contributed by atoms with Crippen LogP contribution in [-0.4, -0.2) is 44.1 Å². The molecule has 2 atom stereocenters. The number of fused-ring (bicyclic) bond motifs is 2. The average molecular weight is 415 g/mol. The van der Waals surface area contributed by atoms with Crippen LogP contribution < -0.4 is 5.32 Å². The molecule has 2 aliphatic heterocycles. The second-order valence-corrected chi connectivity index (χ2v) is 8.49. The van der Waals surface area contributed by atoms with Crippen LogP contribution in [0.5, 0.6) is 0 Å². The van der Waals surface area contributed by atoms with Crippen molar-refractivity contribution in [1.82, 2.24) is 29.6 Å². The first-order chi connectivity index (χ1) is 15.4. The van der Waals surface area contributed by atoms with E-state index in [1.807, 2.05) is 18.5 Å². The highest BCUT2D eigenvalue weighted by atomic mass is 16.5. The van der Waals surface area contributed by atoms with Crippen LogP contribution >= 0.6 is 0 Å². The maximum atomic E-state index is 5.97. The van der Waals surface area contributed by atoms with Gasteiger partial charge < -0.3 is 14.6 Å². The zero-order valence-electron chi connectivity index (χ0n) is 17.4. The average Bonchev–Trinajstić information content (AvgIpc) is 3.51. The van der Waals surface area contributed by atoms with Crippen LogP contribution in [0.25, 0.3) is 22.4 Å². The maximum absolute atomic E-state index is 5.97. The minimum Gasteiger partial charge on any atom is -0.379 e. The lowest BCUT2D eigenvalue weighted by atomic mass is 9.93. The highest BCUT2D eigenvalue weighted by Crippen LogP contribution is 2.33. The molecule has 0 amide bonds. The highest BCUT2D eigenvalue weighted by molar-refractivity contribution is 5.81. The fraction of sp³-hybridized carbons (Fsp3) is 0.375. The maximum Gasteiger partial charge on any atom is 0.160 e. The Morgan fingerprint density at radius 2 is 2.06 bits per heavy atom. The molecule has 7 heteroatoms. The Morgan fingerprint density at radius 3 is 3.06 bits per heavy atom. The molecule has 4 aromatic rings. The van der Waals surface area contributed by atoms with Crippen LogP contribution in [-0.2, 0) is 24.2 Å². The molecule has 158 valence electrons. The first kappa shape index (κ1) is 18.7. The van der Waals surface area contributed by atoms with E-state index in [2.05, 4.69) is 56.1 Å². The summed E-state index contributed by atoms with van der Waals surface area (Å²) in [7, 11) is 0. The molecule has 1 saturated heterocycles.